The van der Waals surface area contributed by atoms with Crippen LogP contribution in [-0.2, 0) is 9.59 Å². The molecule has 5 heteroatoms. The number of amides is 2. The highest BCUT2D eigenvalue weighted by molar-refractivity contribution is 9.10. The highest BCUT2D eigenvalue weighted by Crippen LogP contribution is 2.30. The van der Waals surface area contributed by atoms with E-state index in [0.29, 0.717) is 19.0 Å². The van der Waals surface area contributed by atoms with E-state index in [1.807, 2.05) is 25.1 Å². The van der Waals surface area contributed by atoms with Crippen LogP contribution in [0.4, 0.5) is 5.69 Å². The molecule has 1 aromatic rings. The number of halogens is 1. The Kier molecular flexibility index (Phi) is 5.05. The van der Waals surface area contributed by atoms with Crippen LogP contribution in [0.3, 0.4) is 0 Å². The van der Waals surface area contributed by atoms with Crippen molar-refractivity contribution >= 4 is 33.4 Å². The predicted octanol–water partition coefficient (Wildman–Crippen LogP) is 3.56. The first-order valence-corrected chi connectivity index (χ1v) is 9.21. The van der Waals surface area contributed by atoms with Gasteiger partial charge in [-0.1, -0.05) is 35.2 Å². The van der Waals surface area contributed by atoms with E-state index in [1.165, 1.54) is 19.3 Å². The van der Waals surface area contributed by atoms with E-state index in [4.69, 9.17) is 0 Å². The zero-order valence-corrected chi connectivity index (χ0v) is 15.1. The van der Waals surface area contributed by atoms with Crippen LogP contribution in [-0.4, -0.2) is 24.4 Å². The molecule has 0 radical (unpaired) electrons. The number of carbonyl (C=O) groups excluding carboxylic acids is 2. The van der Waals surface area contributed by atoms with Crippen LogP contribution in [0.15, 0.2) is 22.7 Å². The highest BCUT2D eigenvalue weighted by atomic mass is 79.9. The van der Waals surface area contributed by atoms with Crippen LogP contribution in [0.25, 0.3) is 0 Å². The molecule has 1 aliphatic carbocycles. The molecule has 4 nitrogen and oxygen atoms in total. The van der Waals surface area contributed by atoms with Gasteiger partial charge in [0.1, 0.15) is 0 Å². The van der Waals surface area contributed by atoms with Gasteiger partial charge in [0, 0.05) is 29.2 Å². The summed E-state index contributed by atoms with van der Waals surface area (Å²) in [5, 5.41) is 3.15. The molecule has 1 aromatic carbocycles. The molecule has 1 heterocycles. The third kappa shape index (κ3) is 3.77. The van der Waals surface area contributed by atoms with Crippen LogP contribution in [0, 0.1) is 12.8 Å². The van der Waals surface area contributed by atoms with Gasteiger partial charge in [0.15, 0.2) is 0 Å². The van der Waals surface area contributed by atoms with Gasteiger partial charge in [0.05, 0.1) is 5.92 Å². The van der Waals surface area contributed by atoms with Crippen LogP contribution in [0.5, 0.6) is 0 Å². The van der Waals surface area contributed by atoms with Gasteiger partial charge in [0.2, 0.25) is 11.8 Å². The Morgan fingerprint density at radius 2 is 2.00 bits per heavy atom. The van der Waals surface area contributed by atoms with Gasteiger partial charge in [0.25, 0.3) is 0 Å². The summed E-state index contributed by atoms with van der Waals surface area (Å²) in [6.07, 6.45) is 6.11. The molecule has 2 amide bonds. The summed E-state index contributed by atoms with van der Waals surface area (Å²) in [6, 6.07) is 6.18. The summed E-state index contributed by atoms with van der Waals surface area (Å²) in [5.41, 5.74) is 1.95. The van der Waals surface area contributed by atoms with Crippen LogP contribution >= 0.6 is 15.9 Å². The normalized spacial score (nSPS) is 22.4. The maximum absolute atomic E-state index is 12.5. The van der Waals surface area contributed by atoms with Gasteiger partial charge in [-0.05, 0) is 43.5 Å². The number of benzene rings is 1. The van der Waals surface area contributed by atoms with Gasteiger partial charge in [-0.3, -0.25) is 9.59 Å². The minimum atomic E-state index is -0.229. The van der Waals surface area contributed by atoms with Gasteiger partial charge in [-0.15, -0.1) is 0 Å². The lowest BCUT2D eigenvalue weighted by Crippen LogP contribution is -2.40. The Balaban J connectivity index is 1.65. The first-order valence-electron chi connectivity index (χ1n) is 8.41. The maximum Gasteiger partial charge on any atom is 0.227 e. The topological polar surface area (TPSA) is 49.4 Å². The minimum absolute atomic E-state index is 0.0409. The van der Waals surface area contributed by atoms with E-state index in [-0.39, 0.29) is 17.7 Å². The standard InChI is InChI=1S/C18H23BrN2O2/c1-12-9-14(19)7-8-16(12)21-11-13(10-17(21)22)18(23)20-15-5-3-2-4-6-15/h7-9,13,15H,2-6,10-11H2,1H3,(H,20,23). The van der Waals surface area contributed by atoms with Crippen molar-refractivity contribution < 1.29 is 9.59 Å². The average Bonchev–Trinajstić information content (AvgIpc) is 2.90. The van der Waals surface area contributed by atoms with Gasteiger partial charge < -0.3 is 10.2 Å². The van der Waals surface area contributed by atoms with Crippen molar-refractivity contribution in [1.29, 1.82) is 0 Å². The lowest BCUT2D eigenvalue weighted by Gasteiger charge is -2.24. The van der Waals surface area contributed by atoms with Crippen molar-refractivity contribution in [2.75, 3.05) is 11.4 Å². The van der Waals surface area contributed by atoms with Crippen molar-refractivity contribution in [3.63, 3.8) is 0 Å². The van der Waals surface area contributed by atoms with Crippen molar-refractivity contribution in [2.45, 2.75) is 51.5 Å². The Morgan fingerprint density at radius 3 is 2.70 bits per heavy atom. The summed E-state index contributed by atoms with van der Waals surface area (Å²) >= 11 is 3.44. The third-order valence-electron chi connectivity index (χ3n) is 4.90. The van der Waals surface area contributed by atoms with Crippen LogP contribution in [0.1, 0.15) is 44.1 Å². The monoisotopic (exact) mass is 378 g/mol. The van der Waals surface area contributed by atoms with Gasteiger partial charge in [-0.2, -0.15) is 0 Å². The van der Waals surface area contributed by atoms with Crippen LogP contribution < -0.4 is 10.2 Å². The van der Waals surface area contributed by atoms with Crippen molar-refractivity contribution in [1.82, 2.24) is 5.32 Å². The van der Waals surface area contributed by atoms with E-state index in [2.05, 4.69) is 21.2 Å². The minimum Gasteiger partial charge on any atom is -0.353 e. The molecule has 1 atom stereocenters. The molecule has 2 aliphatic rings. The van der Waals surface area contributed by atoms with E-state index in [9.17, 15) is 9.59 Å². The smallest absolute Gasteiger partial charge is 0.227 e. The summed E-state index contributed by atoms with van der Waals surface area (Å²) in [5.74, 6) is -0.144. The number of hydrogen-bond donors (Lipinski definition) is 1. The number of nitrogens with one attached hydrogen (secondary N) is 1. The zero-order valence-electron chi connectivity index (χ0n) is 13.5. The van der Waals surface area contributed by atoms with Crippen LogP contribution in [0.2, 0.25) is 0 Å². The van der Waals surface area contributed by atoms with E-state index in [1.54, 1.807) is 4.90 Å². The van der Waals surface area contributed by atoms with Gasteiger partial charge >= 0.3 is 0 Å². The second-order valence-electron chi connectivity index (χ2n) is 6.68. The lowest BCUT2D eigenvalue weighted by atomic mass is 9.95. The van der Waals surface area contributed by atoms with Crippen molar-refractivity contribution in [3.8, 4) is 0 Å². The second-order valence-corrected chi connectivity index (χ2v) is 7.60. The SMILES string of the molecule is Cc1cc(Br)ccc1N1CC(C(=O)NC2CCCCC2)CC1=O. The molecule has 2 fully saturated rings. The highest BCUT2D eigenvalue weighted by Gasteiger charge is 2.36. The number of anilines is 1. The molecule has 0 bridgehead atoms. The summed E-state index contributed by atoms with van der Waals surface area (Å²) in [6.45, 7) is 2.47. The molecular formula is C18H23BrN2O2. The molecule has 23 heavy (non-hydrogen) atoms. The molecule has 1 aliphatic heterocycles. The fraction of sp³-hybridized carbons (Fsp3) is 0.556. The number of aryl methyl sites for hydroxylation is 1. The zero-order chi connectivity index (χ0) is 16.4. The molecule has 0 spiro atoms. The number of rotatable bonds is 3. The first kappa shape index (κ1) is 16.5. The molecule has 0 aromatic heterocycles. The number of carbonyl (C=O) groups is 2. The maximum atomic E-state index is 12.5. The predicted molar refractivity (Wildman–Crippen MR) is 94.4 cm³/mol. The summed E-state index contributed by atoms with van der Waals surface area (Å²) < 4.78 is 0.997. The molecule has 3 rings (SSSR count). The molecule has 1 saturated carbocycles. The number of nitrogens with zero attached hydrogens (tertiary/aromatic N) is 1. The molecule has 1 unspecified atom stereocenters. The Bertz CT molecular complexity index is 611. The van der Waals surface area contributed by atoms with E-state index in [0.717, 1.165) is 28.6 Å². The fourth-order valence-electron chi connectivity index (χ4n) is 3.60. The Hall–Kier alpha value is -1.36. The van der Waals surface area contributed by atoms with Gasteiger partial charge in [-0.25, -0.2) is 0 Å². The number of hydrogen-bond acceptors (Lipinski definition) is 2. The Labute approximate surface area is 145 Å². The average molecular weight is 379 g/mol. The molecular weight excluding hydrogens is 356 g/mol. The van der Waals surface area contributed by atoms with E-state index >= 15 is 0 Å². The summed E-state index contributed by atoms with van der Waals surface area (Å²) in [7, 11) is 0. The first-order chi connectivity index (χ1) is 11.0. The van der Waals surface area contributed by atoms with Crippen molar-refractivity contribution in [3.05, 3.63) is 28.2 Å². The molecule has 1 N–H and O–H groups in total. The fourth-order valence-corrected chi connectivity index (χ4v) is 4.08. The molecule has 124 valence electrons. The second kappa shape index (κ2) is 7.04. The quantitative estimate of drug-likeness (QED) is 0.873. The summed E-state index contributed by atoms with van der Waals surface area (Å²) in [4.78, 5) is 26.6. The van der Waals surface area contributed by atoms with Crippen molar-refractivity contribution in [2.24, 2.45) is 5.92 Å². The molecule has 1 saturated heterocycles. The largest absolute Gasteiger partial charge is 0.353 e. The lowest BCUT2D eigenvalue weighted by molar-refractivity contribution is -0.127. The van der Waals surface area contributed by atoms with E-state index < -0.39 is 0 Å². The Morgan fingerprint density at radius 1 is 1.26 bits per heavy atom. The third-order valence-corrected chi connectivity index (χ3v) is 5.39.